The average molecular weight is 558 g/mol. The number of hydrogen-bond acceptors (Lipinski definition) is 7. The molecular weight excluding hydrogens is 510 g/mol. The number of esters is 1. The van der Waals surface area contributed by atoms with E-state index in [2.05, 4.69) is 44.8 Å². The smallest absolute Gasteiger partial charge is 0.316 e. The van der Waals surface area contributed by atoms with Crippen LogP contribution in [0.2, 0.25) is 0 Å². The van der Waals surface area contributed by atoms with E-state index in [9.17, 15) is 14.7 Å². The number of ether oxygens (including phenoxy) is 2. The summed E-state index contributed by atoms with van der Waals surface area (Å²) < 4.78 is 11.5. The van der Waals surface area contributed by atoms with E-state index >= 15 is 0 Å². The number of benzene rings is 1. The highest BCUT2D eigenvalue weighted by atomic mass is 32.2. The van der Waals surface area contributed by atoms with Crippen LogP contribution in [0.4, 0.5) is 0 Å². The van der Waals surface area contributed by atoms with Crippen LogP contribution in [0.1, 0.15) is 65.4 Å². The van der Waals surface area contributed by atoms with Gasteiger partial charge in [-0.25, -0.2) is 0 Å². The van der Waals surface area contributed by atoms with Crippen LogP contribution >= 0.6 is 11.8 Å². The van der Waals surface area contributed by atoms with Crippen molar-refractivity contribution in [3.05, 3.63) is 42.5 Å². The summed E-state index contributed by atoms with van der Waals surface area (Å²) in [6.45, 7) is 14.8. The summed E-state index contributed by atoms with van der Waals surface area (Å²) >= 11 is 1.47. The number of carbonyl (C=O) groups excluding carboxylic acids is 2. The van der Waals surface area contributed by atoms with Gasteiger partial charge in [-0.2, -0.15) is 0 Å². The molecule has 2 N–H and O–H groups in total. The topological polar surface area (TPSA) is 84.9 Å². The molecule has 3 saturated carbocycles. The Bertz CT molecular complexity index is 1060. The third-order valence-electron chi connectivity index (χ3n) is 10.6. The van der Waals surface area contributed by atoms with Crippen LogP contribution in [0.3, 0.4) is 0 Å². The number of ketones is 1. The van der Waals surface area contributed by atoms with Crippen molar-refractivity contribution in [3.63, 3.8) is 0 Å². The number of carbonyl (C=O) groups is 2. The molecule has 8 atom stereocenters. The number of rotatable bonds is 10. The molecule has 4 rings (SSSR count). The molecule has 3 aliphatic carbocycles. The fraction of sp³-hybridized carbons (Fsp3) is 0.688. The lowest BCUT2D eigenvalue weighted by molar-refractivity contribution is -0.205. The fourth-order valence-corrected chi connectivity index (χ4v) is 8.75. The standard InChI is InChI=1S/C32H47NO5S/c1-7-30(4)18-26(38-27(35)20-39-24-10-8-9-23(17-24)19-33-15-16-37-6)31(5)21(2)11-13-32(22(3)29(30)36)14-12-25(34)28(31)32/h7-10,17,21-22,26,28-29,33,36H,1,11-16,18-20H2,2-6H3/t21?,22-,26+,28?,29-,30+,31-,32?/m0/s1. The van der Waals surface area contributed by atoms with Crippen LogP contribution in [0.15, 0.2) is 41.8 Å². The molecule has 3 fully saturated rings. The predicted octanol–water partition coefficient (Wildman–Crippen LogP) is 5.42. The maximum atomic E-state index is 13.5. The number of Topliss-reactive ketones (excluding diaryl/α,β-unsaturated/α-hetero) is 1. The Hall–Kier alpha value is -1.67. The highest BCUT2D eigenvalue weighted by Gasteiger charge is 2.68. The van der Waals surface area contributed by atoms with E-state index in [0.29, 0.717) is 19.4 Å². The zero-order chi connectivity index (χ0) is 28.4. The zero-order valence-corrected chi connectivity index (χ0v) is 25.1. The molecule has 0 spiro atoms. The van der Waals surface area contributed by atoms with Crippen LogP contribution in [-0.2, 0) is 25.6 Å². The molecule has 0 saturated heterocycles. The lowest BCUT2D eigenvalue weighted by Crippen LogP contribution is -2.63. The number of methoxy groups -OCH3 is 1. The maximum absolute atomic E-state index is 13.5. The molecule has 0 aromatic heterocycles. The van der Waals surface area contributed by atoms with Gasteiger partial charge in [-0.15, -0.1) is 18.3 Å². The summed E-state index contributed by atoms with van der Waals surface area (Å²) in [5, 5.41) is 15.0. The van der Waals surface area contributed by atoms with Gasteiger partial charge in [0.15, 0.2) is 0 Å². The Labute approximate surface area is 238 Å². The van der Waals surface area contributed by atoms with E-state index in [1.165, 1.54) is 11.8 Å². The minimum atomic E-state index is -0.655. The molecule has 2 bridgehead atoms. The third-order valence-corrected chi connectivity index (χ3v) is 11.6. The van der Waals surface area contributed by atoms with Crippen molar-refractivity contribution in [2.75, 3.05) is 26.0 Å². The van der Waals surface area contributed by atoms with E-state index in [1.54, 1.807) is 7.11 Å². The van der Waals surface area contributed by atoms with Gasteiger partial charge in [0, 0.05) is 48.3 Å². The number of thioether (sulfide) groups is 1. The van der Waals surface area contributed by atoms with Crippen LogP contribution in [0.25, 0.3) is 0 Å². The van der Waals surface area contributed by atoms with Gasteiger partial charge in [0.2, 0.25) is 0 Å². The second-order valence-electron chi connectivity index (χ2n) is 12.7. The van der Waals surface area contributed by atoms with Gasteiger partial charge in [-0.1, -0.05) is 45.9 Å². The Balaban J connectivity index is 1.55. The third kappa shape index (κ3) is 5.61. The minimum absolute atomic E-state index is 0.0350. The van der Waals surface area contributed by atoms with Crippen molar-refractivity contribution in [1.82, 2.24) is 5.32 Å². The first-order chi connectivity index (χ1) is 18.5. The quantitative estimate of drug-likeness (QED) is 0.172. The van der Waals surface area contributed by atoms with Gasteiger partial charge in [-0.3, -0.25) is 9.59 Å². The first kappa shape index (κ1) is 30.3. The monoisotopic (exact) mass is 557 g/mol. The molecule has 0 radical (unpaired) electrons. The molecule has 1 aromatic rings. The van der Waals surface area contributed by atoms with Gasteiger partial charge >= 0.3 is 5.97 Å². The van der Waals surface area contributed by atoms with E-state index < -0.39 is 23.0 Å². The van der Waals surface area contributed by atoms with Crippen molar-refractivity contribution in [2.45, 2.75) is 83.4 Å². The molecular formula is C32H47NO5S. The number of nitrogens with one attached hydrogen (secondary N) is 1. The van der Waals surface area contributed by atoms with Gasteiger partial charge < -0.3 is 19.9 Å². The molecule has 39 heavy (non-hydrogen) atoms. The van der Waals surface area contributed by atoms with Crippen LogP contribution in [0, 0.1) is 34.0 Å². The second kappa shape index (κ2) is 12.1. The van der Waals surface area contributed by atoms with Crippen LogP contribution < -0.4 is 5.32 Å². The summed E-state index contributed by atoms with van der Waals surface area (Å²) in [4.78, 5) is 28.0. The van der Waals surface area contributed by atoms with Crippen molar-refractivity contribution in [1.29, 1.82) is 0 Å². The molecule has 0 heterocycles. The lowest BCUT2D eigenvalue weighted by atomic mass is 9.44. The predicted molar refractivity (Wildman–Crippen MR) is 155 cm³/mol. The SMILES string of the molecule is C=C[C@]1(C)C[C@@H](OC(=O)CSc2cccc(CNCCOC)c2)[C@]2(C)C(C)CCC3(CCC(=O)C32)[C@@H](C)[C@@H]1O. The Morgan fingerprint density at radius 1 is 1.28 bits per heavy atom. The molecule has 216 valence electrons. The van der Waals surface area contributed by atoms with Gasteiger partial charge in [0.25, 0.3) is 0 Å². The van der Waals surface area contributed by atoms with E-state index in [1.807, 2.05) is 25.1 Å². The van der Waals surface area contributed by atoms with Crippen LogP contribution in [0.5, 0.6) is 0 Å². The highest BCUT2D eigenvalue weighted by molar-refractivity contribution is 8.00. The largest absolute Gasteiger partial charge is 0.461 e. The van der Waals surface area contributed by atoms with Gasteiger partial charge in [-0.05, 0) is 60.6 Å². The highest BCUT2D eigenvalue weighted by Crippen LogP contribution is 2.68. The van der Waals surface area contributed by atoms with E-state index in [-0.39, 0.29) is 40.7 Å². The average Bonchev–Trinajstić information content (AvgIpc) is 3.28. The van der Waals surface area contributed by atoms with Gasteiger partial charge in [0.1, 0.15) is 11.9 Å². The molecule has 6 nitrogen and oxygen atoms in total. The molecule has 1 aromatic carbocycles. The summed E-state index contributed by atoms with van der Waals surface area (Å²) in [6, 6.07) is 8.17. The molecule has 3 aliphatic rings. The summed E-state index contributed by atoms with van der Waals surface area (Å²) in [7, 11) is 1.69. The summed E-state index contributed by atoms with van der Waals surface area (Å²) in [5.74, 6) is 0.166. The molecule has 7 heteroatoms. The first-order valence-electron chi connectivity index (χ1n) is 14.5. The van der Waals surface area contributed by atoms with Crippen molar-refractivity contribution in [3.8, 4) is 0 Å². The lowest BCUT2D eigenvalue weighted by Gasteiger charge is -2.61. The Morgan fingerprint density at radius 3 is 2.77 bits per heavy atom. The Kier molecular flexibility index (Phi) is 9.36. The minimum Gasteiger partial charge on any atom is -0.461 e. The number of aliphatic hydroxyl groups excluding tert-OH is 1. The van der Waals surface area contributed by atoms with Crippen LogP contribution in [-0.4, -0.2) is 55.1 Å². The first-order valence-corrected chi connectivity index (χ1v) is 15.5. The number of aliphatic hydroxyl groups is 1. The molecule has 3 unspecified atom stereocenters. The molecule has 0 aliphatic heterocycles. The summed E-state index contributed by atoms with van der Waals surface area (Å²) in [5.41, 5.74) is -0.226. The van der Waals surface area contributed by atoms with Crippen molar-refractivity contribution >= 4 is 23.5 Å². The zero-order valence-electron chi connectivity index (χ0n) is 24.3. The number of hydrogen-bond donors (Lipinski definition) is 2. The van der Waals surface area contributed by atoms with Gasteiger partial charge in [0.05, 0.1) is 18.5 Å². The summed E-state index contributed by atoms with van der Waals surface area (Å²) in [6.07, 6.45) is 4.41. The Morgan fingerprint density at radius 2 is 2.05 bits per heavy atom. The normalized spacial score (nSPS) is 38.0. The maximum Gasteiger partial charge on any atom is 0.316 e. The fourth-order valence-electron chi connectivity index (χ4n) is 7.99. The molecule has 0 amide bonds. The van der Waals surface area contributed by atoms with Crippen molar-refractivity contribution in [2.24, 2.45) is 34.0 Å². The second-order valence-corrected chi connectivity index (χ2v) is 13.7. The van der Waals surface area contributed by atoms with Crippen molar-refractivity contribution < 1.29 is 24.2 Å². The van der Waals surface area contributed by atoms with E-state index in [0.717, 1.165) is 42.8 Å². The van der Waals surface area contributed by atoms with E-state index in [4.69, 9.17) is 9.47 Å².